The van der Waals surface area contributed by atoms with Crippen LogP contribution < -0.4 is 10.0 Å². The molecule has 1 aromatic rings. The minimum absolute atomic E-state index is 0.134. The standard InChI is InChI=1S/C9H13BrN4O4S/c1-19(17,18)13-4-2-3-11-9-8(14(15)16)5-7(10)6-12-9/h5-6,13H,2-4H2,1H3,(H,11,12). The maximum atomic E-state index is 10.8. The Morgan fingerprint density at radius 1 is 1.47 bits per heavy atom. The molecule has 0 saturated heterocycles. The molecule has 1 heterocycles. The number of hydrogen-bond donors (Lipinski definition) is 2. The van der Waals surface area contributed by atoms with Crippen LogP contribution in [0.2, 0.25) is 0 Å². The zero-order valence-electron chi connectivity index (χ0n) is 10.1. The number of rotatable bonds is 7. The fraction of sp³-hybridized carbons (Fsp3) is 0.444. The van der Waals surface area contributed by atoms with E-state index in [-0.39, 0.29) is 18.1 Å². The third-order valence-corrected chi connectivity index (χ3v) is 3.20. The number of aromatic nitrogens is 1. The molecule has 0 aromatic carbocycles. The Morgan fingerprint density at radius 2 is 2.16 bits per heavy atom. The molecule has 0 radical (unpaired) electrons. The van der Waals surface area contributed by atoms with Gasteiger partial charge in [0.2, 0.25) is 15.8 Å². The van der Waals surface area contributed by atoms with Gasteiger partial charge in [0.05, 0.1) is 11.2 Å². The predicted molar refractivity (Wildman–Crippen MR) is 74.5 cm³/mol. The summed E-state index contributed by atoms with van der Waals surface area (Å²) < 4.78 is 24.5. The van der Waals surface area contributed by atoms with Crippen LogP contribution in [-0.4, -0.2) is 37.7 Å². The SMILES string of the molecule is CS(=O)(=O)NCCCNc1ncc(Br)cc1[N+](=O)[O-]. The summed E-state index contributed by atoms with van der Waals surface area (Å²) in [6.45, 7) is 0.633. The molecule has 0 aliphatic carbocycles. The molecule has 0 spiro atoms. The highest BCUT2D eigenvalue weighted by Crippen LogP contribution is 2.24. The van der Waals surface area contributed by atoms with Crippen LogP contribution in [0.1, 0.15) is 6.42 Å². The quantitative estimate of drug-likeness (QED) is 0.431. The summed E-state index contributed by atoms with van der Waals surface area (Å²) in [5.41, 5.74) is -0.134. The van der Waals surface area contributed by atoms with Crippen LogP contribution in [-0.2, 0) is 10.0 Å². The van der Waals surface area contributed by atoms with E-state index in [0.717, 1.165) is 6.26 Å². The van der Waals surface area contributed by atoms with Crippen molar-refractivity contribution < 1.29 is 13.3 Å². The second-order valence-electron chi connectivity index (χ2n) is 3.73. The van der Waals surface area contributed by atoms with Crippen molar-refractivity contribution in [1.82, 2.24) is 9.71 Å². The summed E-state index contributed by atoms with van der Waals surface area (Å²) in [4.78, 5) is 14.2. The zero-order chi connectivity index (χ0) is 14.5. The van der Waals surface area contributed by atoms with Crippen LogP contribution in [0.3, 0.4) is 0 Å². The Balaban J connectivity index is 2.52. The number of nitrogens with one attached hydrogen (secondary N) is 2. The summed E-state index contributed by atoms with van der Waals surface area (Å²) in [6.07, 6.45) is 3.01. The number of halogens is 1. The fourth-order valence-corrected chi connectivity index (χ4v) is 2.09. The van der Waals surface area contributed by atoms with E-state index in [0.29, 0.717) is 17.4 Å². The maximum Gasteiger partial charge on any atom is 0.312 e. The Kier molecular flexibility index (Phi) is 5.63. The van der Waals surface area contributed by atoms with Crippen molar-refractivity contribution in [3.63, 3.8) is 0 Å². The second-order valence-corrected chi connectivity index (χ2v) is 6.47. The van der Waals surface area contributed by atoms with E-state index in [1.54, 1.807) is 0 Å². The molecule has 0 atom stereocenters. The lowest BCUT2D eigenvalue weighted by molar-refractivity contribution is -0.384. The molecule has 0 aliphatic heterocycles. The van der Waals surface area contributed by atoms with Crippen molar-refractivity contribution in [2.75, 3.05) is 24.7 Å². The number of pyridine rings is 1. The lowest BCUT2D eigenvalue weighted by Crippen LogP contribution is -2.24. The topological polar surface area (TPSA) is 114 Å². The van der Waals surface area contributed by atoms with Crippen molar-refractivity contribution >= 4 is 37.5 Å². The summed E-state index contributed by atoms with van der Waals surface area (Å²) >= 11 is 3.11. The van der Waals surface area contributed by atoms with Gasteiger partial charge in [-0.2, -0.15) is 0 Å². The lowest BCUT2D eigenvalue weighted by Gasteiger charge is -2.06. The molecule has 0 unspecified atom stereocenters. The minimum atomic E-state index is -3.20. The lowest BCUT2D eigenvalue weighted by atomic mass is 10.3. The molecule has 1 rings (SSSR count). The highest BCUT2D eigenvalue weighted by atomic mass is 79.9. The molecule has 8 nitrogen and oxygen atoms in total. The van der Waals surface area contributed by atoms with Crippen molar-refractivity contribution in [1.29, 1.82) is 0 Å². The van der Waals surface area contributed by atoms with Crippen LogP contribution in [0.4, 0.5) is 11.5 Å². The van der Waals surface area contributed by atoms with Crippen LogP contribution in [0.5, 0.6) is 0 Å². The van der Waals surface area contributed by atoms with E-state index >= 15 is 0 Å². The highest BCUT2D eigenvalue weighted by Gasteiger charge is 2.15. The van der Waals surface area contributed by atoms with Crippen molar-refractivity contribution in [3.8, 4) is 0 Å². The first-order valence-electron chi connectivity index (χ1n) is 5.28. The van der Waals surface area contributed by atoms with Gasteiger partial charge >= 0.3 is 5.69 Å². The average molecular weight is 353 g/mol. The van der Waals surface area contributed by atoms with Gasteiger partial charge in [-0.1, -0.05) is 0 Å². The van der Waals surface area contributed by atoms with E-state index < -0.39 is 14.9 Å². The molecule has 106 valence electrons. The normalized spacial score (nSPS) is 11.3. The monoisotopic (exact) mass is 352 g/mol. The third-order valence-electron chi connectivity index (χ3n) is 2.04. The van der Waals surface area contributed by atoms with Gasteiger partial charge in [0, 0.05) is 29.8 Å². The van der Waals surface area contributed by atoms with Gasteiger partial charge in [-0.25, -0.2) is 18.1 Å². The molecular weight excluding hydrogens is 340 g/mol. The van der Waals surface area contributed by atoms with Crippen LogP contribution in [0.15, 0.2) is 16.7 Å². The first kappa shape index (κ1) is 15.8. The van der Waals surface area contributed by atoms with Crippen LogP contribution >= 0.6 is 15.9 Å². The first-order chi connectivity index (χ1) is 8.79. The summed E-state index contributed by atoms with van der Waals surface area (Å²) in [5, 5.41) is 13.6. The predicted octanol–water partition coefficient (Wildman–Crippen LogP) is 1.10. The zero-order valence-corrected chi connectivity index (χ0v) is 12.5. The van der Waals surface area contributed by atoms with E-state index in [4.69, 9.17) is 0 Å². The van der Waals surface area contributed by atoms with Crippen molar-refractivity contribution in [2.24, 2.45) is 0 Å². The average Bonchev–Trinajstić information content (AvgIpc) is 2.28. The molecule has 10 heteroatoms. The van der Waals surface area contributed by atoms with Gasteiger partial charge in [-0.15, -0.1) is 0 Å². The molecule has 0 saturated carbocycles. The van der Waals surface area contributed by atoms with Gasteiger partial charge in [0.15, 0.2) is 0 Å². The molecule has 0 amide bonds. The van der Waals surface area contributed by atoms with Crippen molar-refractivity contribution in [3.05, 3.63) is 26.9 Å². The Morgan fingerprint density at radius 3 is 2.74 bits per heavy atom. The Hall–Kier alpha value is -1.26. The van der Waals surface area contributed by atoms with E-state index in [1.165, 1.54) is 12.3 Å². The third kappa shape index (κ3) is 5.94. The number of sulfonamides is 1. The molecule has 0 bridgehead atoms. The number of anilines is 1. The van der Waals surface area contributed by atoms with E-state index in [2.05, 4.69) is 31.0 Å². The van der Waals surface area contributed by atoms with Gasteiger partial charge in [-0.3, -0.25) is 10.1 Å². The summed E-state index contributed by atoms with van der Waals surface area (Å²) in [5.74, 6) is 0.160. The largest absolute Gasteiger partial charge is 0.364 e. The molecule has 0 aliphatic rings. The van der Waals surface area contributed by atoms with Gasteiger partial charge in [0.1, 0.15) is 0 Å². The van der Waals surface area contributed by atoms with Gasteiger partial charge in [0.25, 0.3) is 0 Å². The van der Waals surface area contributed by atoms with Crippen LogP contribution in [0.25, 0.3) is 0 Å². The molecular formula is C9H13BrN4O4S. The minimum Gasteiger partial charge on any atom is -0.364 e. The Labute approximate surface area is 118 Å². The fourth-order valence-electron chi connectivity index (χ4n) is 1.26. The van der Waals surface area contributed by atoms with Gasteiger partial charge < -0.3 is 5.32 Å². The van der Waals surface area contributed by atoms with Gasteiger partial charge in [-0.05, 0) is 22.4 Å². The number of nitro groups is 1. The van der Waals surface area contributed by atoms with Crippen LogP contribution in [0, 0.1) is 10.1 Å². The first-order valence-corrected chi connectivity index (χ1v) is 7.96. The highest BCUT2D eigenvalue weighted by molar-refractivity contribution is 9.10. The molecule has 1 aromatic heterocycles. The van der Waals surface area contributed by atoms with E-state index in [1.807, 2.05) is 0 Å². The number of hydrogen-bond acceptors (Lipinski definition) is 6. The smallest absolute Gasteiger partial charge is 0.312 e. The molecule has 19 heavy (non-hydrogen) atoms. The van der Waals surface area contributed by atoms with Crippen molar-refractivity contribution in [2.45, 2.75) is 6.42 Å². The molecule has 2 N–H and O–H groups in total. The number of nitrogens with zero attached hydrogens (tertiary/aromatic N) is 2. The van der Waals surface area contributed by atoms with E-state index in [9.17, 15) is 18.5 Å². The summed E-state index contributed by atoms with van der Waals surface area (Å²) in [7, 11) is -3.20. The molecule has 0 fully saturated rings. The summed E-state index contributed by atoms with van der Waals surface area (Å²) in [6, 6.07) is 1.35. The maximum absolute atomic E-state index is 10.8. The second kappa shape index (κ2) is 6.78. The Bertz CT molecular complexity index is 563.